The van der Waals surface area contributed by atoms with Crippen LogP contribution in [0.15, 0.2) is 11.6 Å². The molecule has 0 radical (unpaired) electrons. The smallest absolute Gasteiger partial charge is 0.187 e. The van der Waals surface area contributed by atoms with Gasteiger partial charge in [0.2, 0.25) is 0 Å². The molecule has 0 aromatic heterocycles. The second-order valence-corrected chi connectivity index (χ2v) is 23.0. The lowest BCUT2D eigenvalue weighted by Crippen LogP contribution is -2.71. The number of hydrogen-bond donors (Lipinski definition) is 12. The van der Waals surface area contributed by atoms with Crippen molar-refractivity contribution in [2.45, 2.75) is 230 Å². The molecule has 0 spiro atoms. The van der Waals surface area contributed by atoms with E-state index in [-0.39, 0.29) is 23.7 Å². The normalized spacial score (nSPS) is 53.5. The highest BCUT2D eigenvalue weighted by Gasteiger charge is 2.74. The molecule has 3 aliphatic heterocycles. The Morgan fingerprint density at radius 1 is 0.682 bits per heavy atom. The predicted molar refractivity (Wildman–Crippen MR) is 234 cm³/mol. The van der Waals surface area contributed by atoms with Gasteiger partial charge >= 0.3 is 0 Å². The number of fused-ring (bicyclic) bond motifs is 5. The molecule has 0 aromatic rings. The summed E-state index contributed by atoms with van der Waals surface area (Å²) < 4.78 is 38.1. The summed E-state index contributed by atoms with van der Waals surface area (Å²) in [5.41, 5.74) is -2.43. The minimum Gasteiger partial charge on any atom is -0.394 e. The quantitative estimate of drug-likeness (QED) is 0.0904. The van der Waals surface area contributed by atoms with Crippen molar-refractivity contribution in [3.8, 4) is 0 Å². The third-order valence-corrected chi connectivity index (χ3v) is 18.7. The summed E-state index contributed by atoms with van der Waals surface area (Å²) in [5, 5.41) is 132. The fraction of sp³-hybridized carbons (Fsp3) is 0.958. The van der Waals surface area contributed by atoms with Crippen LogP contribution in [0.25, 0.3) is 0 Å². The van der Waals surface area contributed by atoms with Gasteiger partial charge in [-0.15, -0.1) is 0 Å². The summed E-state index contributed by atoms with van der Waals surface area (Å²) in [5.74, 6) is -1.12. The number of allylic oxidation sites excluding steroid dienone is 2. The number of hydrogen-bond acceptors (Lipinski definition) is 18. The highest BCUT2D eigenvalue weighted by molar-refractivity contribution is 5.22. The minimum atomic E-state index is -1.75. The lowest BCUT2D eigenvalue weighted by Gasteiger charge is -2.72. The average Bonchev–Trinajstić information content (AvgIpc) is 3.64. The maximum Gasteiger partial charge on any atom is 0.187 e. The van der Waals surface area contributed by atoms with Crippen molar-refractivity contribution in [2.75, 3.05) is 13.2 Å². The molecule has 7 fully saturated rings. The molecule has 0 bridgehead atoms. The van der Waals surface area contributed by atoms with Crippen molar-refractivity contribution in [3.05, 3.63) is 11.6 Å². The van der Waals surface area contributed by atoms with E-state index in [2.05, 4.69) is 26.8 Å². The van der Waals surface area contributed by atoms with E-state index in [1.165, 1.54) is 6.92 Å². The standard InChI is InChI=1S/C48H82O18/c1-21(2)11-10-14-48(9,66-42-38(60)35(57)32(54)26(19-49)63-42)23-12-16-46(7)30(23)24(51)17-28-45(6)15-13-29(52)44(4,5)40(45)25(18-47(28,46)8)62-43-39(36(58)33(55)27(20-50)64-43)65-41-37(59)34(56)31(53)22(3)61-41/h11,22-43,49-60H,10,12-20H2,1-9H3/t22-,23-,24+,25-,26+,27+,28+,29-,30-,31-,32+,33+,34+,35-,36-,37+,38+,39+,40+,41-,42-,43+,45+,46+,47+,48-/m0/s1. The summed E-state index contributed by atoms with van der Waals surface area (Å²) in [6, 6.07) is 0. The second kappa shape index (κ2) is 19.2. The third-order valence-electron chi connectivity index (χ3n) is 18.7. The van der Waals surface area contributed by atoms with Crippen molar-refractivity contribution in [3.63, 3.8) is 0 Å². The molecule has 18 nitrogen and oxygen atoms in total. The summed E-state index contributed by atoms with van der Waals surface area (Å²) in [6.07, 6.45) is -18.3. The van der Waals surface area contributed by atoms with E-state index in [4.69, 9.17) is 28.4 Å². The molecule has 4 saturated carbocycles. The molecule has 3 heterocycles. The summed E-state index contributed by atoms with van der Waals surface area (Å²) in [4.78, 5) is 0. The molecule has 7 aliphatic rings. The number of ether oxygens (including phenoxy) is 6. The predicted octanol–water partition coefficient (Wildman–Crippen LogP) is -0.0284. The zero-order chi connectivity index (χ0) is 48.8. The molecule has 12 N–H and O–H groups in total. The zero-order valence-corrected chi connectivity index (χ0v) is 40.2. The topological polar surface area (TPSA) is 298 Å². The molecular formula is C48H82O18. The molecule has 66 heavy (non-hydrogen) atoms. The Labute approximate surface area is 388 Å². The van der Waals surface area contributed by atoms with Crippen molar-refractivity contribution in [2.24, 2.45) is 45.3 Å². The average molecular weight is 947 g/mol. The largest absolute Gasteiger partial charge is 0.394 e. The van der Waals surface area contributed by atoms with E-state index < -0.39 is 151 Å². The van der Waals surface area contributed by atoms with Gasteiger partial charge in [0.15, 0.2) is 18.9 Å². The molecule has 3 saturated heterocycles. The molecule has 0 aromatic carbocycles. The van der Waals surface area contributed by atoms with Crippen LogP contribution >= 0.6 is 0 Å². The summed E-state index contributed by atoms with van der Waals surface area (Å²) in [7, 11) is 0. The van der Waals surface area contributed by atoms with E-state index >= 15 is 0 Å². The monoisotopic (exact) mass is 947 g/mol. The van der Waals surface area contributed by atoms with Gasteiger partial charge in [0, 0.05) is 0 Å². The number of rotatable bonds is 12. The van der Waals surface area contributed by atoms with Gasteiger partial charge in [-0.2, -0.15) is 0 Å². The van der Waals surface area contributed by atoms with Crippen LogP contribution in [0.3, 0.4) is 0 Å². The fourth-order valence-electron chi connectivity index (χ4n) is 14.9. The van der Waals surface area contributed by atoms with Gasteiger partial charge < -0.3 is 89.7 Å². The van der Waals surface area contributed by atoms with Crippen LogP contribution in [0.5, 0.6) is 0 Å². The first-order chi connectivity index (χ1) is 30.7. The molecule has 0 amide bonds. The van der Waals surface area contributed by atoms with Gasteiger partial charge in [-0.05, 0) is 124 Å². The molecule has 26 atom stereocenters. The molecule has 18 heteroatoms. The second-order valence-electron chi connectivity index (χ2n) is 23.0. The van der Waals surface area contributed by atoms with Gasteiger partial charge in [-0.3, -0.25) is 0 Å². The van der Waals surface area contributed by atoms with Crippen molar-refractivity contribution < 1.29 is 89.7 Å². The number of aliphatic hydroxyl groups is 12. The lowest BCUT2D eigenvalue weighted by molar-refractivity contribution is -0.382. The van der Waals surface area contributed by atoms with Crippen LogP contribution in [0.2, 0.25) is 0 Å². The van der Waals surface area contributed by atoms with E-state index in [1.807, 2.05) is 34.6 Å². The Hall–Kier alpha value is -0.980. The van der Waals surface area contributed by atoms with Crippen LogP contribution in [0.4, 0.5) is 0 Å². The first kappa shape index (κ1) is 52.8. The van der Waals surface area contributed by atoms with E-state index in [0.29, 0.717) is 51.4 Å². The van der Waals surface area contributed by atoms with Crippen LogP contribution in [0.1, 0.15) is 114 Å². The first-order valence-electron chi connectivity index (χ1n) is 24.3. The van der Waals surface area contributed by atoms with Crippen LogP contribution in [0, 0.1) is 45.3 Å². The number of aliphatic hydroxyl groups excluding tert-OH is 12. The zero-order valence-electron chi connectivity index (χ0n) is 40.2. The van der Waals surface area contributed by atoms with E-state index in [1.54, 1.807) is 0 Å². The highest BCUT2D eigenvalue weighted by atomic mass is 16.8. The Kier molecular flexibility index (Phi) is 15.4. The van der Waals surface area contributed by atoms with Gasteiger partial charge in [0.25, 0.3) is 0 Å². The van der Waals surface area contributed by atoms with Crippen molar-refractivity contribution in [1.29, 1.82) is 0 Å². The van der Waals surface area contributed by atoms with Gasteiger partial charge in [0.05, 0.1) is 43.2 Å². The first-order valence-corrected chi connectivity index (χ1v) is 24.3. The van der Waals surface area contributed by atoms with Crippen LogP contribution in [-0.2, 0) is 28.4 Å². The van der Waals surface area contributed by atoms with Crippen molar-refractivity contribution >= 4 is 0 Å². The Morgan fingerprint density at radius 3 is 1.89 bits per heavy atom. The fourth-order valence-corrected chi connectivity index (χ4v) is 14.9. The molecule has 4 aliphatic carbocycles. The van der Waals surface area contributed by atoms with E-state index in [0.717, 1.165) is 5.57 Å². The molecule has 7 rings (SSSR count). The molecule has 0 unspecified atom stereocenters. The molecule has 382 valence electrons. The van der Waals surface area contributed by atoms with Gasteiger partial charge in [0.1, 0.15) is 67.1 Å². The van der Waals surface area contributed by atoms with Crippen molar-refractivity contribution in [1.82, 2.24) is 0 Å². The minimum absolute atomic E-state index is 0.0861. The maximum absolute atomic E-state index is 12.7. The Bertz CT molecular complexity index is 1700. The van der Waals surface area contributed by atoms with Gasteiger partial charge in [-0.25, -0.2) is 0 Å². The Morgan fingerprint density at radius 2 is 1.27 bits per heavy atom. The summed E-state index contributed by atoms with van der Waals surface area (Å²) in [6.45, 7) is 16.8. The van der Waals surface area contributed by atoms with Gasteiger partial charge in [-0.1, -0.05) is 46.3 Å². The van der Waals surface area contributed by atoms with E-state index in [9.17, 15) is 61.3 Å². The maximum atomic E-state index is 12.7. The Balaban J connectivity index is 1.27. The van der Waals surface area contributed by atoms with Crippen LogP contribution in [-0.4, -0.2) is 191 Å². The third kappa shape index (κ3) is 8.69. The lowest BCUT2D eigenvalue weighted by atomic mass is 9.34. The SMILES string of the molecule is CC(C)=CCC[C@](C)(O[C@@H]1O[C@H](CO)[C@@H](O)[C@H](O)[C@H]1O)[C@H]1CC[C@]2(C)[C@@H]1[C@H](O)C[C@@H]1[C@@]3(C)CC[C@H](O)C(C)(C)[C@H]3[C@@H](O[C@@H]3O[C@H](CO)[C@@H](O)[C@H](O)[C@H]3O[C@@H]3O[C@@H](C)[C@H](O)[C@@H](O)[C@H]3O)C[C@]12C. The van der Waals surface area contributed by atoms with Crippen LogP contribution < -0.4 is 0 Å². The molecular weight excluding hydrogens is 865 g/mol. The highest BCUT2D eigenvalue weighted by Crippen LogP contribution is 2.76. The summed E-state index contributed by atoms with van der Waals surface area (Å²) >= 11 is 0.